The van der Waals surface area contributed by atoms with Crippen molar-refractivity contribution in [1.29, 1.82) is 0 Å². The zero-order valence-corrected chi connectivity index (χ0v) is 34.9. The summed E-state index contributed by atoms with van der Waals surface area (Å²) in [5.74, 6) is 5.35. The van der Waals surface area contributed by atoms with E-state index in [9.17, 15) is 14.4 Å². The normalized spacial score (nSPS) is 17.4. The second-order valence-electron chi connectivity index (χ2n) is 16.0. The second kappa shape index (κ2) is 20.1. The molecule has 0 unspecified atom stereocenters. The molecule has 2 aromatic rings. The van der Waals surface area contributed by atoms with Gasteiger partial charge in [-0.05, 0) is 54.2 Å². The summed E-state index contributed by atoms with van der Waals surface area (Å²) in [6, 6.07) is 20.3. The summed E-state index contributed by atoms with van der Waals surface area (Å²) >= 11 is 0. The Morgan fingerprint density at radius 3 is 2.11 bits per heavy atom. The van der Waals surface area contributed by atoms with Crippen LogP contribution in [0.5, 0.6) is 0 Å². The molecule has 3 rings (SSSR count). The third-order valence-corrected chi connectivity index (χ3v) is 14.6. The van der Waals surface area contributed by atoms with E-state index in [4.69, 9.17) is 9.16 Å². The molecule has 0 bridgehead atoms. The van der Waals surface area contributed by atoms with Crippen molar-refractivity contribution in [2.45, 2.75) is 112 Å². The van der Waals surface area contributed by atoms with E-state index in [1.54, 1.807) is 25.3 Å². The highest BCUT2D eigenvalue weighted by atomic mass is 28.4. The monoisotopic (exact) mass is 748 g/mol. The Balaban J connectivity index is 1.68. The summed E-state index contributed by atoms with van der Waals surface area (Å²) in [5.41, 5.74) is 1.08. The summed E-state index contributed by atoms with van der Waals surface area (Å²) in [6.07, 6.45) is 15.6. The zero-order chi connectivity index (χ0) is 39.9. The molecule has 8 heteroatoms. The number of ether oxygens (including phenoxy) is 1. The van der Waals surface area contributed by atoms with Gasteiger partial charge in [0, 0.05) is 30.4 Å². The lowest BCUT2D eigenvalue weighted by Gasteiger charge is -2.45. The lowest BCUT2D eigenvalue weighted by atomic mass is 9.86. The molecule has 2 amide bonds. The quantitative estimate of drug-likeness (QED) is 0.0637. The van der Waals surface area contributed by atoms with Gasteiger partial charge in [-0.2, -0.15) is 0 Å². The van der Waals surface area contributed by atoms with Gasteiger partial charge in [0.2, 0.25) is 11.8 Å². The number of cyclic esters (lactones) is 1. The molecule has 0 fully saturated rings. The van der Waals surface area contributed by atoms with Crippen LogP contribution in [0.4, 0.5) is 0 Å². The molecule has 0 aliphatic carbocycles. The number of nitrogens with one attached hydrogen (secondary N) is 2. The van der Waals surface area contributed by atoms with E-state index in [1.165, 1.54) is 16.4 Å². The molecule has 7 nitrogen and oxygen atoms in total. The lowest BCUT2D eigenvalue weighted by molar-refractivity contribution is -0.147. The topological polar surface area (TPSA) is 93.7 Å². The highest BCUT2D eigenvalue weighted by Crippen LogP contribution is 2.38. The number of rotatable bonds is 15. The second-order valence-corrected chi connectivity index (χ2v) is 20.3. The average molecular weight is 749 g/mol. The first-order valence-electron chi connectivity index (χ1n) is 18.8. The van der Waals surface area contributed by atoms with Crippen molar-refractivity contribution < 1.29 is 23.5 Å². The third-order valence-electron chi connectivity index (χ3n) is 9.49. The number of allylic oxidation sites excluding steroid dienone is 4. The van der Waals surface area contributed by atoms with Crippen LogP contribution in [0.1, 0.15) is 88.5 Å². The van der Waals surface area contributed by atoms with Gasteiger partial charge in [-0.3, -0.25) is 9.59 Å². The number of amides is 2. The molecule has 2 N–H and O–H groups in total. The molecule has 2 aromatic carbocycles. The number of hydrogen-bond donors (Lipinski definition) is 2. The summed E-state index contributed by atoms with van der Waals surface area (Å²) in [7, 11) is -2.81. The highest BCUT2D eigenvalue weighted by Gasteiger charge is 2.51. The van der Waals surface area contributed by atoms with E-state index < -0.39 is 19.8 Å². The first kappa shape index (κ1) is 43.7. The van der Waals surface area contributed by atoms with Crippen LogP contribution in [0.3, 0.4) is 0 Å². The first-order valence-corrected chi connectivity index (χ1v) is 20.8. The van der Waals surface area contributed by atoms with E-state index in [-0.39, 0.29) is 40.9 Å². The van der Waals surface area contributed by atoms with Gasteiger partial charge in [0.1, 0.15) is 12.1 Å². The zero-order valence-electron chi connectivity index (χ0n) is 33.9. The van der Waals surface area contributed by atoms with Crippen molar-refractivity contribution in [2.75, 3.05) is 0 Å². The molecule has 0 saturated heterocycles. The van der Waals surface area contributed by atoms with E-state index in [2.05, 4.69) is 91.8 Å². The van der Waals surface area contributed by atoms with Gasteiger partial charge in [-0.1, -0.05) is 151 Å². The van der Waals surface area contributed by atoms with E-state index >= 15 is 0 Å². The fourth-order valence-electron chi connectivity index (χ4n) is 6.54. The summed E-state index contributed by atoms with van der Waals surface area (Å²) < 4.78 is 12.9. The fourth-order valence-corrected chi connectivity index (χ4v) is 11.2. The number of benzene rings is 2. The molecule has 0 spiro atoms. The molecular weight excluding hydrogens is 689 g/mol. The summed E-state index contributed by atoms with van der Waals surface area (Å²) in [4.78, 5) is 38.3. The van der Waals surface area contributed by atoms with Crippen LogP contribution in [0.15, 0.2) is 121 Å². The van der Waals surface area contributed by atoms with Crippen LogP contribution in [-0.4, -0.2) is 44.4 Å². The van der Waals surface area contributed by atoms with Crippen molar-refractivity contribution in [3.63, 3.8) is 0 Å². The molecule has 0 saturated carbocycles. The van der Waals surface area contributed by atoms with E-state index in [1.807, 2.05) is 78.0 Å². The van der Waals surface area contributed by atoms with Crippen molar-refractivity contribution in [1.82, 2.24) is 10.6 Å². The Labute approximate surface area is 325 Å². The van der Waals surface area contributed by atoms with Gasteiger partial charge in [0.05, 0.1) is 6.10 Å². The van der Waals surface area contributed by atoms with Crippen molar-refractivity contribution in [3.05, 3.63) is 121 Å². The average Bonchev–Trinajstić information content (AvgIpc) is 3.12. The summed E-state index contributed by atoms with van der Waals surface area (Å²) in [5, 5.41) is 7.98. The maximum absolute atomic E-state index is 13.5. The van der Waals surface area contributed by atoms with Crippen LogP contribution >= 0.6 is 0 Å². The molecule has 54 heavy (non-hydrogen) atoms. The van der Waals surface area contributed by atoms with Gasteiger partial charge in [-0.25, -0.2) is 4.79 Å². The van der Waals surface area contributed by atoms with Crippen LogP contribution in [-0.2, 0) is 23.5 Å². The van der Waals surface area contributed by atoms with E-state index in [0.717, 1.165) is 5.57 Å². The predicted molar refractivity (Wildman–Crippen MR) is 223 cm³/mol. The Hall–Kier alpha value is -4.71. The van der Waals surface area contributed by atoms with Gasteiger partial charge in [0.25, 0.3) is 8.32 Å². The lowest BCUT2D eigenvalue weighted by Crippen LogP contribution is -2.67. The number of hydrogen-bond acceptors (Lipinski definition) is 5. The maximum Gasteiger partial charge on any atom is 0.333 e. The van der Waals surface area contributed by atoms with Gasteiger partial charge in [-0.15, -0.1) is 11.8 Å². The molecule has 1 aliphatic rings. The van der Waals surface area contributed by atoms with Gasteiger partial charge in [0.15, 0.2) is 0 Å². The molecule has 1 aliphatic heterocycles. The van der Waals surface area contributed by atoms with Crippen molar-refractivity contribution >= 4 is 36.5 Å². The molecule has 1 heterocycles. The number of carbonyl (C=O) groups excluding carboxylic acids is 3. The Bertz CT molecular complexity index is 1740. The van der Waals surface area contributed by atoms with Crippen LogP contribution in [0.25, 0.3) is 0 Å². The third kappa shape index (κ3) is 12.4. The standard InChI is InChI=1S/C46H60N2O5Si/c1-11-12-23-37(53-54(46(8,9)10,38-25-15-13-16-26-38)39-27-17-14-18-28-39)24-21-32-47-43(50)42(45(5,6)7)48-41(49)29-20-19-22-34(2)33-36(4)40-31-30-35(3)44(51)52-40/h13-22,25-30,32-33,36-37,40,42H,23-24,31H2,1-10H3,(H,47,50)(H,48,49)/b22-19-,29-20-,32-21-,34-33+/t36-,37-,40-,42+/m0/s1. The molecule has 4 atom stereocenters. The minimum absolute atomic E-state index is 0.0428. The minimum Gasteiger partial charge on any atom is -0.458 e. The van der Waals surface area contributed by atoms with Crippen molar-refractivity contribution in [2.24, 2.45) is 11.3 Å². The van der Waals surface area contributed by atoms with Crippen LogP contribution in [0.2, 0.25) is 5.04 Å². The van der Waals surface area contributed by atoms with Crippen LogP contribution < -0.4 is 21.0 Å². The smallest absolute Gasteiger partial charge is 0.333 e. The largest absolute Gasteiger partial charge is 0.458 e. The number of esters is 1. The van der Waals surface area contributed by atoms with Crippen molar-refractivity contribution in [3.8, 4) is 11.8 Å². The van der Waals surface area contributed by atoms with Gasteiger partial charge < -0.3 is 19.8 Å². The first-order chi connectivity index (χ1) is 25.5. The Morgan fingerprint density at radius 1 is 0.981 bits per heavy atom. The Morgan fingerprint density at radius 2 is 1.57 bits per heavy atom. The van der Waals surface area contributed by atoms with Crippen LogP contribution in [0, 0.1) is 23.2 Å². The molecule has 0 aromatic heterocycles. The number of carbonyl (C=O) groups is 3. The SMILES string of the molecule is CC#CC[C@@H](C/C=C\NC(=O)[C@@H](NC(=O)\C=C/C=C\C(C)=C\[C@H](C)[C@@H]1CC=C(C)C(=O)O1)C(C)(C)C)O[Si](c1ccccc1)(c1ccccc1)C(C)(C)C. The fraction of sp³-hybridized carbons (Fsp3) is 0.413. The van der Waals surface area contributed by atoms with E-state index in [0.29, 0.717) is 24.8 Å². The minimum atomic E-state index is -2.81. The highest BCUT2D eigenvalue weighted by molar-refractivity contribution is 6.99. The van der Waals surface area contributed by atoms with Gasteiger partial charge >= 0.3 is 5.97 Å². The molecule has 0 radical (unpaired) electrons. The Kier molecular flexibility index (Phi) is 16.3. The summed E-state index contributed by atoms with van der Waals surface area (Å²) in [6.45, 7) is 20.1. The molecule has 288 valence electrons. The predicted octanol–water partition coefficient (Wildman–Crippen LogP) is 7.85. The maximum atomic E-state index is 13.5. The molecular formula is C46H60N2O5Si.